The molecule has 2 nitrogen and oxygen atoms in total. The van der Waals surface area contributed by atoms with Crippen molar-refractivity contribution < 1.29 is 4.74 Å². The van der Waals surface area contributed by atoms with Crippen molar-refractivity contribution in [3.05, 3.63) is 28.8 Å². The molecule has 78 valence electrons. The van der Waals surface area contributed by atoms with Crippen LogP contribution in [0.1, 0.15) is 19.4 Å². The van der Waals surface area contributed by atoms with E-state index in [4.69, 9.17) is 22.1 Å². The zero-order valence-corrected chi connectivity index (χ0v) is 9.34. The molecule has 1 aromatic rings. The zero-order valence-electron chi connectivity index (χ0n) is 8.59. The minimum Gasteiger partial charge on any atom is -0.494 e. The SMILES string of the molecule is CCOc1cccc(Cl)c1CC(C)N. The normalized spacial score (nSPS) is 12.6. The summed E-state index contributed by atoms with van der Waals surface area (Å²) in [5, 5.41) is 0.730. The summed E-state index contributed by atoms with van der Waals surface area (Å²) in [4.78, 5) is 0. The Bertz CT molecular complexity index is 299. The van der Waals surface area contributed by atoms with Crippen LogP contribution in [0.2, 0.25) is 5.02 Å². The molecule has 0 aromatic heterocycles. The van der Waals surface area contributed by atoms with E-state index in [-0.39, 0.29) is 6.04 Å². The van der Waals surface area contributed by atoms with E-state index in [1.807, 2.05) is 32.0 Å². The Morgan fingerprint density at radius 3 is 2.79 bits per heavy atom. The van der Waals surface area contributed by atoms with Gasteiger partial charge in [0.25, 0.3) is 0 Å². The molecule has 0 radical (unpaired) electrons. The first-order valence-electron chi connectivity index (χ1n) is 4.81. The van der Waals surface area contributed by atoms with E-state index in [1.165, 1.54) is 0 Å². The van der Waals surface area contributed by atoms with Crippen LogP contribution in [0, 0.1) is 0 Å². The van der Waals surface area contributed by atoms with Gasteiger partial charge in [0, 0.05) is 16.6 Å². The first kappa shape index (κ1) is 11.3. The van der Waals surface area contributed by atoms with Gasteiger partial charge in [-0.05, 0) is 32.4 Å². The highest BCUT2D eigenvalue weighted by molar-refractivity contribution is 6.31. The molecule has 1 atom stereocenters. The largest absolute Gasteiger partial charge is 0.494 e. The molecule has 0 bridgehead atoms. The second kappa shape index (κ2) is 5.23. The smallest absolute Gasteiger partial charge is 0.124 e. The van der Waals surface area contributed by atoms with Crippen LogP contribution in [-0.4, -0.2) is 12.6 Å². The molecule has 0 spiro atoms. The fourth-order valence-corrected chi connectivity index (χ4v) is 1.59. The van der Waals surface area contributed by atoms with Gasteiger partial charge in [-0.2, -0.15) is 0 Å². The van der Waals surface area contributed by atoms with Crippen LogP contribution in [0.15, 0.2) is 18.2 Å². The third-order valence-electron chi connectivity index (χ3n) is 1.90. The molecule has 14 heavy (non-hydrogen) atoms. The third-order valence-corrected chi connectivity index (χ3v) is 2.26. The molecule has 0 saturated heterocycles. The molecule has 0 fully saturated rings. The fraction of sp³-hybridized carbons (Fsp3) is 0.455. The summed E-state index contributed by atoms with van der Waals surface area (Å²) in [6, 6.07) is 5.77. The Kier molecular flexibility index (Phi) is 4.23. The number of benzene rings is 1. The average molecular weight is 214 g/mol. The Hall–Kier alpha value is -0.730. The molecule has 3 heteroatoms. The van der Waals surface area contributed by atoms with Gasteiger partial charge in [-0.3, -0.25) is 0 Å². The van der Waals surface area contributed by atoms with E-state index < -0.39 is 0 Å². The van der Waals surface area contributed by atoms with Crippen molar-refractivity contribution in [1.82, 2.24) is 0 Å². The highest BCUT2D eigenvalue weighted by Crippen LogP contribution is 2.27. The first-order valence-corrected chi connectivity index (χ1v) is 5.18. The highest BCUT2D eigenvalue weighted by Gasteiger charge is 2.09. The fourth-order valence-electron chi connectivity index (χ4n) is 1.35. The molecule has 1 aromatic carbocycles. The van der Waals surface area contributed by atoms with Gasteiger partial charge in [0.15, 0.2) is 0 Å². The number of ether oxygens (including phenoxy) is 1. The van der Waals surface area contributed by atoms with Crippen molar-refractivity contribution in [3.63, 3.8) is 0 Å². The molecular weight excluding hydrogens is 198 g/mol. The van der Waals surface area contributed by atoms with Crippen LogP contribution in [0.4, 0.5) is 0 Å². The molecule has 0 aliphatic rings. The van der Waals surface area contributed by atoms with Crippen molar-refractivity contribution in [2.45, 2.75) is 26.3 Å². The topological polar surface area (TPSA) is 35.2 Å². The first-order chi connectivity index (χ1) is 6.65. The van der Waals surface area contributed by atoms with Crippen LogP contribution in [-0.2, 0) is 6.42 Å². The van der Waals surface area contributed by atoms with Gasteiger partial charge in [-0.15, -0.1) is 0 Å². The summed E-state index contributed by atoms with van der Waals surface area (Å²) >= 11 is 6.07. The Labute approximate surface area is 90.0 Å². The lowest BCUT2D eigenvalue weighted by molar-refractivity contribution is 0.336. The lowest BCUT2D eigenvalue weighted by Crippen LogP contribution is -2.18. The Morgan fingerprint density at radius 2 is 2.21 bits per heavy atom. The molecule has 0 amide bonds. The van der Waals surface area contributed by atoms with Crippen molar-refractivity contribution in [2.75, 3.05) is 6.61 Å². The molecule has 1 rings (SSSR count). The van der Waals surface area contributed by atoms with E-state index in [0.717, 1.165) is 22.8 Å². The van der Waals surface area contributed by atoms with Gasteiger partial charge in [0.2, 0.25) is 0 Å². The standard InChI is InChI=1S/C11H16ClNO/c1-3-14-11-6-4-5-10(12)9(11)7-8(2)13/h4-6,8H,3,7,13H2,1-2H3. The molecule has 0 heterocycles. The maximum atomic E-state index is 6.07. The molecule has 0 aliphatic carbocycles. The van der Waals surface area contributed by atoms with Crippen LogP contribution >= 0.6 is 11.6 Å². The summed E-state index contributed by atoms with van der Waals surface area (Å²) in [5.41, 5.74) is 6.75. The number of halogens is 1. The van der Waals surface area contributed by atoms with Crippen LogP contribution in [0.25, 0.3) is 0 Å². The number of hydrogen-bond donors (Lipinski definition) is 1. The molecule has 0 saturated carbocycles. The maximum absolute atomic E-state index is 6.07. The number of nitrogens with two attached hydrogens (primary N) is 1. The van der Waals surface area contributed by atoms with Crippen molar-refractivity contribution in [2.24, 2.45) is 5.73 Å². The van der Waals surface area contributed by atoms with E-state index >= 15 is 0 Å². The second-order valence-corrected chi connectivity index (χ2v) is 3.74. The summed E-state index contributed by atoms with van der Waals surface area (Å²) in [5.74, 6) is 0.845. The predicted molar refractivity (Wildman–Crippen MR) is 60.0 cm³/mol. The lowest BCUT2D eigenvalue weighted by atomic mass is 10.1. The van der Waals surface area contributed by atoms with Gasteiger partial charge >= 0.3 is 0 Å². The zero-order chi connectivity index (χ0) is 10.6. The van der Waals surface area contributed by atoms with Gasteiger partial charge in [0.05, 0.1) is 6.61 Å². The average Bonchev–Trinajstić information content (AvgIpc) is 2.11. The molecule has 2 N–H and O–H groups in total. The van der Waals surface area contributed by atoms with Gasteiger partial charge in [-0.1, -0.05) is 17.7 Å². The molecule has 1 unspecified atom stereocenters. The van der Waals surface area contributed by atoms with E-state index in [2.05, 4.69) is 0 Å². The minimum atomic E-state index is 0.0918. The van der Waals surface area contributed by atoms with E-state index in [1.54, 1.807) is 0 Å². The monoisotopic (exact) mass is 213 g/mol. The maximum Gasteiger partial charge on any atom is 0.124 e. The highest BCUT2D eigenvalue weighted by atomic mass is 35.5. The van der Waals surface area contributed by atoms with Crippen molar-refractivity contribution in [1.29, 1.82) is 0 Å². The number of rotatable bonds is 4. The molecule has 0 aliphatic heterocycles. The molecular formula is C11H16ClNO. The van der Waals surface area contributed by atoms with Gasteiger partial charge in [-0.25, -0.2) is 0 Å². The van der Waals surface area contributed by atoms with Crippen LogP contribution in [0.5, 0.6) is 5.75 Å². The third kappa shape index (κ3) is 2.89. The van der Waals surface area contributed by atoms with Gasteiger partial charge < -0.3 is 10.5 Å². The quantitative estimate of drug-likeness (QED) is 0.835. The summed E-state index contributed by atoms with van der Waals surface area (Å²) in [6.45, 7) is 4.56. The Balaban J connectivity index is 2.96. The Morgan fingerprint density at radius 1 is 1.50 bits per heavy atom. The predicted octanol–water partition coefficient (Wildman–Crippen LogP) is 2.63. The second-order valence-electron chi connectivity index (χ2n) is 3.33. The van der Waals surface area contributed by atoms with Crippen LogP contribution < -0.4 is 10.5 Å². The van der Waals surface area contributed by atoms with Gasteiger partial charge in [0.1, 0.15) is 5.75 Å². The van der Waals surface area contributed by atoms with E-state index in [9.17, 15) is 0 Å². The summed E-state index contributed by atoms with van der Waals surface area (Å²) in [7, 11) is 0. The van der Waals surface area contributed by atoms with E-state index in [0.29, 0.717) is 6.61 Å². The number of hydrogen-bond acceptors (Lipinski definition) is 2. The minimum absolute atomic E-state index is 0.0918. The van der Waals surface area contributed by atoms with Crippen LogP contribution in [0.3, 0.4) is 0 Å². The summed E-state index contributed by atoms with van der Waals surface area (Å²) < 4.78 is 5.48. The van der Waals surface area contributed by atoms with Crippen molar-refractivity contribution >= 4 is 11.6 Å². The lowest BCUT2D eigenvalue weighted by Gasteiger charge is -2.13. The van der Waals surface area contributed by atoms with Crippen molar-refractivity contribution in [3.8, 4) is 5.75 Å². The summed E-state index contributed by atoms with van der Waals surface area (Å²) in [6.07, 6.45) is 0.745.